The first-order valence-corrected chi connectivity index (χ1v) is 8.69. The molecule has 0 saturated heterocycles. The van der Waals surface area contributed by atoms with Crippen LogP contribution in [0.2, 0.25) is 5.02 Å². The van der Waals surface area contributed by atoms with E-state index in [-0.39, 0.29) is 11.5 Å². The Morgan fingerprint density at radius 2 is 2.19 bits per heavy atom. The second-order valence-corrected chi connectivity index (χ2v) is 7.22. The first kappa shape index (κ1) is 16.3. The molecule has 1 aromatic carbocycles. The second-order valence-electron chi connectivity index (χ2n) is 4.25. The number of halogens is 2. The fraction of sp³-hybridized carbons (Fsp3) is 0.250. The van der Waals surface area contributed by atoms with Gasteiger partial charge in [-0.1, -0.05) is 11.6 Å². The average molecular weight is 395 g/mol. The van der Waals surface area contributed by atoms with Crippen LogP contribution in [0.25, 0.3) is 0 Å². The summed E-state index contributed by atoms with van der Waals surface area (Å²) in [5.74, 6) is 0. The van der Waals surface area contributed by atoms with Gasteiger partial charge in [0.25, 0.3) is 10.0 Å². The Morgan fingerprint density at radius 1 is 1.43 bits per heavy atom. The van der Waals surface area contributed by atoms with Crippen molar-refractivity contribution >= 4 is 43.2 Å². The van der Waals surface area contributed by atoms with Crippen LogP contribution in [-0.4, -0.2) is 29.9 Å². The van der Waals surface area contributed by atoms with Crippen molar-refractivity contribution < 1.29 is 13.5 Å². The number of anilines is 1. The largest absolute Gasteiger partial charge is 0.396 e. The monoisotopic (exact) mass is 393 g/mol. The van der Waals surface area contributed by atoms with Crippen molar-refractivity contribution in [2.45, 2.75) is 17.9 Å². The molecule has 2 aromatic rings. The minimum atomic E-state index is -3.74. The molecule has 0 atom stereocenters. The number of sulfonamides is 1. The zero-order chi connectivity index (χ0) is 15.5. The fourth-order valence-electron chi connectivity index (χ4n) is 1.62. The summed E-state index contributed by atoms with van der Waals surface area (Å²) in [5, 5.41) is 13.1. The number of aromatic nitrogens is 2. The Balaban J connectivity index is 2.22. The first-order valence-electron chi connectivity index (χ1n) is 6.03. The maximum absolute atomic E-state index is 12.3. The van der Waals surface area contributed by atoms with Gasteiger partial charge in [-0.3, -0.25) is 9.40 Å². The van der Waals surface area contributed by atoms with Gasteiger partial charge in [-0.2, -0.15) is 5.10 Å². The molecular formula is C12H13BrClN3O3S. The van der Waals surface area contributed by atoms with E-state index >= 15 is 0 Å². The van der Waals surface area contributed by atoms with Gasteiger partial charge in [0.05, 0.1) is 11.9 Å². The molecule has 0 amide bonds. The lowest BCUT2D eigenvalue weighted by molar-refractivity contribution is 0.277. The van der Waals surface area contributed by atoms with Gasteiger partial charge in [-0.15, -0.1) is 0 Å². The van der Waals surface area contributed by atoms with Gasteiger partial charge in [0, 0.05) is 28.8 Å². The Hall–Kier alpha value is -1.09. The third kappa shape index (κ3) is 4.19. The SMILES string of the molecule is O=S(=O)(Nc1cc(Cl)ccc1Br)c1cnn(CCCO)c1. The molecule has 0 aliphatic carbocycles. The Labute approximate surface area is 135 Å². The van der Waals surface area contributed by atoms with E-state index in [0.29, 0.717) is 28.1 Å². The quantitative estimate of drug-likeness (QED) is 0.788. The number of aryl methyl sites for hydroxylation is 1. The molecule has 0 fully saturated rings. The summed E-state index contributed by atoms with van der Waals surface area (Å²) < 4.78 is 29.1. The van der Waals surface area contributed by atoms with E-state index in [2.05, 4.69) is 25.8 Å². The summed E-state index contributed by atoms with van der Waals surface area (Å²) in [5.41, 5.74) is 0.352. The molecule has 0 spiro atoms. The van der Waals surface area contributed by atoms with Crippen LogP contribution in [0.15, 0.2) is 40.0 Å². The number of rotatable bonds is 6. The van der Waals surface area contributed by atoms with Crippen LogP contribution in [0.4, 0.5) is 5.69 Å². The van der Waals surface area contributed by atoms with Gasteiger partial charge in [-0.05, 0) is 40.5 Å². The van der Waals surface area contributed by atoms with Gasteiger partial charge < -0.3 is 5.11 Å². The van der Waals surface area contributed by atoms with Crippen LogP contribution in [0.1, 0.15) is 6.42 Å². The predicted octanol–water partition coefficient (Wildman–Crippen LogP) is 2.48. The zero-order valence-corrected chi connectivity index (χ0v) is 14.0. The van der Waals surface area contributed by atoms with Crippen LogP contribution in [0, 0.1) is 0 Å². The average Bonchev–Trinajstić information content (AvgIpc) is 2.90. The number of nitrogens with one attached hydrogen (secondary N) is 1. The summed E-state index contributed by atoms with van der Waals surface area (Å²) in [6.07, 6.45) is 3.18. The summed E-state index contributed by atoms with van der Waals surface area (Å²) in [7, 11) is -3.74. The molecule has 0 aliphatic heterocycles. The molecule has 1 aromatic heterocycles. The molecule has 0 unspecified atom stereocenters. The second kappa shape index (κ2) is 6.78. The number of aliphatic hydroxyl groups is 1. The normalized spacial score (nSPS) is 11.6. The minimum Gasteiger partial charge on any atom is -0.396 e. The van der Waals surface area contributed by atoms with E-state index in [4.69, 9.17) is 16.7 Å². The predicted molar refractivity (Wildman–Crippen MR) is 83.9 cm³/mol. The van der Waals surface area contributed by atoms with Crippen molar-refractivity contribution in [3.05, 3.63) is 40.1 Å². The molecule has 0 aliphatic rings. The number of benzene rings is 1. The molecule has 1 heterocycles. The van der Waals surface area contributed by atoms with Gasteiger partial charge in [-0.25, -0.2) is 8.42 Å². The van der Waals surface area contributed by atoms with E-state index in [1.807, 2.05) is 0 Å². The van der Waals surface area contributed by atoms with Crippen molar-refractivity contribution in [2.75, 3.05) is 11.3 Å². The van der Waals surface area contributed by atoms with Crippen molar-refractivity contribution in [1.29, 1.82) is 0 Å². The van der Waals surface area contributed by atoms with E-state index < -0.39 is 10.0 Å². The molecule has 2 N–H and O–H groups in total. The maximum Gasteiger partial charge on any atom is 0.265 e. The molecule has 21 heavy (non-hydrogen) atoms. The summed E-state index contributed by atoms with van der Waals surface area (Å²) >= 11 is 9.12. The Kier molecular flexibility index (Phi) is 5.26. The zero-order valence-electron chi connectivity index (χ0n) is 10.8. The Bertz CT molecular complexity index is 733. The lowest BCUT2D eigenvalue weighted by atomic mass is 10.3. The lowest BCUT2D eigenvalue weighted by Gasteiger charge is -2.08. The highest BCUT2D eigenvalue weighted by atomic mass is 79.9. The summed E-state index contributed by atoms with van der Waals surface area (Å²) in [4.78, 5) is 0.0484. The molecule has 0 radical (unpaired) electrons. The summed E-state index contributed by atoms with van der Waals surface area (Å²) in [6.45, 7) is 0.475. The third-order valence-corrected chi connectivity index (χ3v) is 4.88. The molecular weight excluding hydrogens is 382 g/mol. The van der Waals surface area contributed by atoms with Crippen LogP contribution < -0.4 is 4.72 Å². The topological polar surface area (TPSA) is 84.2 Å². The first-order chi connectivity index (χ1) is 9.92. The molecule has 114 valence electrons. The smallest absolute Gasteiger partial charge is 0.265 e. The van der Waals surface area contributed by atoms with E-state index in [1.165, 1.54) is 23.1 Å². The van der Waals surface area contributed by atoms with Crippen LogP contribution >= 0.6 is 27.5 Å². The van der Waals surface area contributed by atoms with E-state index in [1.54, 1.807) is 12.1 Å². The van der Waals surface area contributed by atoms with Crippen molar-refractivity contribution in [3.63, 3.8) is 0 Å². The molecule has 2 rings (SSSR count). The summed E-state index contributed by atoms with van der Waals surface area (Å²) in [6, 6.07) is 4.82. The highest BCUT2D eigenvalue weighted by Crippen LogP contribution is 2.28. The molecule has 0 saturated carbocycles. The van der Waals surface area contributed by atoms with Crippen LogP contribution in [0.5, 0.6) is 0 Å². The number of hydrogen-bond acceptors (Lipinski definition) is 4. The van der Waals surface area contributed by atoms with Gasteiger partial charge >= 0.3 is 0 Å². The minimum absolute atomic E-state index is 0.0235. The van der Waals surface area contributed by atoms with Gasteiger partial charge in [0.15, 0.2) is 0 Å². The number of nitrogens with zero attached hydrogens (tertiary/aromatic N) is 2. The maximum atomic E-state index is 12.3. The molecule has 6 nitrogen and oxygen atoms in total. The fourth-order valence-corrected chi connectivity index (χ4v) is 3.29. The lowest BCUT2D eigenvalue weighted by Crippen LogP contribution is -2.12. The van der Waals surface area contributed by atoms with Gasteiger partial charge in [0.2, 0.25) is 0 Å². The van der Waals surface area contributed by atoms with Gasteiger partial charge in [0.1, 0.15) is 4.90 Å². The molecule has 9 heteroatoms. The van der Waals surface area contributed by atoms with Crippen LogP contribution in [0.3, 0.4) is 0 Å². The van der Waals surface area contributed by atoms with Crippen molar-refractivity contribution in [3.8, 4) is 0 Å². The molecule has 0 bridgehead atoms. The van der Waals surface area contributed by atoms with E-state index in [9.17, 15) is 8.42 Å². The Morgan fingerprint density at radius 3 is 2.90 bits per heavy atom. The van der Waals surface area contributed by atoms with E-state index in [0.717, 1.165) is 0 Å². The standard InChI is InChI=1S/C12H13BrClN3O3S/c13-11-3-2-9(14)6-12(11)16-21(19,20)10-7-15-17(8-10)4-1-5-18/h2-3,6-8,16,18H,1,4-5H2. The van der Waals surface area contributed by atoms with Crippen molar-refractivity contribution in [1.82, 2.24) is 9.78 Å². The highest BCUT2D eigenvalue weighted by molar-refractivity contribution is 9.10. The third-order valence-electron chi connectivity index (χ3n) is 2.64. The highest BCUT2D eigenvalue weighted by Gasteiger charge is 2.18. The number of aliphatic hydroxyl groups excluding tert-OH is 1. The number of hydrogen-bond donors (Lipinski definition) is 2. The van der Waals surface area contributed by atoms with Crippen molar-refractivity contribution in [2.24, 2.45) is 0 Å². The van der Waals surface area contributed by atoms with Crippen LogP contribution in [-0.2, 0) is 16.6 Å².